The second-order valence-electron chi connectivity index (χ2n) is 3.18. The Morgan fingerprint density at radius 1 is 1.31 bits per heavy atom. The van der Waals surface area contributed by atoms with E-state index in [2.05, 4.69) is 6.07 Å². The standard InChI is InChI=1S/C11H13O.Y/c1-8-5-4-6-9(2)11(8)7-10(3)12;/h5-6H,7H2,1-3H3;/q-1;+3. The van der Waals surface area contributed by atoms with E-state index in [4.69, 9.17) is 0 Å². The van der Waals surface area contributed by atoms with E-state index in [0.717, 1.165) is 16.7 Å². The van der Waals surface area contributed by atoms with Gasteiger partial charge >= 0.3 is 32.7 Å². The number of hydrogen-bond donors (Lipinski definition) is 0. The molecule has 0 fully saturated rings. The third-order valence-electron chi connectivity index (χ3n) is 1.98. The van der Waals surface area contributed by atoms with Crippen molar-refractivity contribution in [3.05, 3.63) is 34.9 Å². The first-order chi connectivity index (χ1) is 5.61. The third kappa shape index (κ3) is 3.70. The molecule has 0 aliphatic carbocycles. The zero-order valence-electron chi connectivity index (χ0n) is 8.35. The molecular formula is C11H13OY+2. The Hall–Kier alpha value is -0.00610. The molecule has 0 saturated heterocycles. The summed E-state index contributed by atoms with van der Waals surface area (Å²) in [5.41, 5.74) is 3.47. The molecule has 1 nitrogen and oxygen atoms in total. The topological polar surface area (TPSA) is 17.1 Å². The van der Waals surface area contributed by atoms with Gasteiger partial charge in [0.1, 0.15) is 5.78 Å². The minimum Gasteiger partial charge on any atom is -0.300 e. The summed E-state index contributed by atoms with van der Waals surface area (Å²) >= 11 is 0. The van der Waals surface area contributed by atoms with Gasteiger partial charge < -0.3 is 0 Å². The van der Waals surface area contributed by atoms with Crippen molar-refractivity contribution in [2.24, 2.45) is 0 Å². The van der Waals surface area contributed by atoms with E-state index in [0.29, 0.717) is 6.42 Å². The Kier molecular flexibility index (Phi) is 5.66. The Morgan fingerprint density at radius 2 is 1.77 bits per heavy atom. The number of Topliss-reactive ketones (excluding diaryl/α,β-unsaturated/α-hetero) is 1. The molecule has 0 saturated carbocycles. The molecular weight excluding hydrogens is 237 g/mol. The molecule has 0 N–H and O–H groups in total. The predicted octanol–water partition coefficient (Wildman–Crippen LogP) is 2.23. The molecule has 1 aromatic carbocycles. The maximum absolute atomic E-state index is 10.9. The van der Waals surface area contributed by atoms with Crippen molar-refractivity contribution in [2.45, 2.75) is 27.2 Å². The summed E-state index contributed by atoms with van der Waals surface area (Å²) in [5, 5.41) is 0. The first-order valence-corrected chi connectivity index (χ1v) is 4.07. The van der Waals surface area contributed by atoms with Gasteiger partial charge in [0, 0.05) is 6.42 Å². The van der Waals surface area contributed by atoms with E-state index in [1.54, 1.807) is 6.92 Å². The molecule has 64 valence electrons. The average molecular weight is 250 g/mol. The molecule has 0 aromatic heterocycles. The minimum atomic E-state index is 0. The maximum atomic E-state index is 10.9. The fraction of sp³-hybridized carbons (Fsp3) is 0.364. The quantitative estimate of drug-likeness (QED) is 0.735. The van der Waals surface area contributed by atoms with Crippen molar-refractivity contribution in [3.8, 4) is 0 Å². The SMILES string of the molecule is CC(=O)Cc1c(C)c[c-]cc1C.[Y+3]. The molecule has 0 amide bonds. The van der Waals surface area contributed by atoms with Crippen LogP contribution in [0.1, 0.15) is 23.6 Å². The van der Waals surface area contributed by atoms with Gasteiger partial charge in [-0.3, -0.25) is 4.79 Å². The van der Waals surface area contributed by atoms with Crippen LogP contribution in [0.4, 0.5) is 0 Å². The van der Waals surface area contributed by atoms with Crippen LogP contribution in [0.3, 0.4) is 0 Å². The molecule has 13 heavy (non-hydrogen) atoms. The van der Waals surface area contributed by atoms with Gasteiger partial charge in [0.05, 0.1) is 0 Å². The van der Waals surface area contributed by atoms with Crippen LogP contribution in [0.25, 0.3) is 0 Å². The molecule has 1 aromatic rings. The van der Waals surface area contributed by atoms with E-state index >= 15 is 0 Å². The number of carbonyl (C=O) groups is 1. The fourth-order valence-electron chi connectivity index (χ4n) is 1.30. The van der Waals surface area contributed by atoms with Crippen molar-refractivity contribution in [1.29, 1.82) is 0 Å². The summed E-state index contributed by atoms with van der Waals surface area (Å²) in [6.07, 6.45) is 0.548. The number of ketones is 1. The Labute approximate surface area is 105 Å². The average Bonchev–Trinajstić information content (AvgIpc) is 1.97. The maximum Gasteiger partial charge on any atom is 3.00 e. The third-order valence-corrected chi connectivity index (χ3v) is 1.98. The van der Waals surface area contributed by atoms with E-state index in [1.807, 2.05) is 26.0 Å². The molecule has 0 atom stereocenters. The van der Waals surface area contributed by atoms with Crippen LogP contribution in [0.15, 0.2) is 12.1 Å². The summed E-state index contributed by atoms with van der Waals surface area (Å²) in [4.78, 5) is 10.9. The molecule has 0 aliphatic rings. The van der Waals surface area contributed by atoms with Gasteiger partial charge in [-0.15, -0.1) is 5.56 Å². The summed E-state index contributed by atoms with van der Waals surface area (Å²) in [7, 11) is 0. The first-order valence-electron chi connectivity index (χ1n) is 4.07. The molecule has 0 unspecified atom stereocenters. The molecule has 0 aliphatic heterocycles. The van der Waals surface area contributed by atoms with Crippen molar-refractivity contribution in [1.82, 2.24) is 0 Å². The number of hydrogen-bond acceptors (Lipinski definition) is 1. The van der Waals surface area contributed by atoms with Gasteiger partial charge in [0.25, 0.3) is 0 Å². The normalized spacial score (nSPS) is 9.15. The number of carbonyl (C=O) groups excluding carboxylic acids is 1. The smallest absolute Gasteiger partial charge is 0.300 e. The largest absolute Gasteiger partial charge is 3.00 e. The van der Waals surface area contributed by atoms with Gasteiger partial charge in [-0.2, -0.15) is 29.3 Å². The number of aryl methyl sites for hydroxylation is 2. The van der Waals surface area contributed by atoms with Crippen LogP contribution >= 0.6 is 0 Å². The molecule has 2 heteroatoms. The van der Waals surface area contributed by atoms with E-state index < -0.39 is 0 Å². The van der Waals surface area contributed by atoms with Gasteiger partial charge in [-0.25, -0.2) is 0 Å². The second-order valence-corrected chi connectivity index (χ2v) is 3.18. The van der Waals surface area contributed by atoms with Gasteiger partial charge in [-0.05, 0) is 6.92 Å². The van der Waals surface area contributed by atoms with Gasteiger partial charge in [-0.1, -0.05) is 13.8 Å². The zero-order chi connectivity index (χ0) is 9.14. The Morgan fingerprint density at radius 3 is 2.15 bits per heavy atom. The van der Waals surface area contributed by atoms with Crippen LogP contribution in [-0.2, 0) is 43.9 Å². The first kappa shape index (κ1) is 13.0. The Bertz CT molecular complexity index is 285. The summed E-state index contributed by atoms with van der Waals surface area (Å²) < 4.78 is 0. The Balaban J connectivity index is 0.00000144. The number of rotatable bonds is 2. The summed E-state index contributed by atoms with van der Waals surface area (Å²) in [6, 6.07) is 6.88. The van der Waals surface area contributed by atoms with Crippen molar-refractivity contribution in [2.75, 3.05) is 0 Å². The summed E-state index contributed by atoms with van der Waals surface area (Å²) in [6.45, 7) is 5.65. The fourth-order valence-corrected chi connectivity index (χ4v) is 1.30. The van der Waals surface area contributed by atoms with Crippen molar-refractivity contribution >= 4 is 5.78 Å². The van der Waals surface area contributed by atoms with Crippen LogP contribution in [0.2, 0.25) is 0 Å². The molecule has 1 rings (SSSR count). The monoisotopic (exact) mass is 250 g/mol. The minimum absolute atomic E-state index is 0. The predicted molar refractivity (Wildman–Crippen MR) is 49.1 cm³/mol. The van der Waals surface area contributed by atoms with E-state index in [9.17, 15) is 4.79 Å². The van der Waals surface area contributed by atoms with Crippen molar-refractivity contribution < 1.29 is 37.5 Å². The van der Waals surface area contributed by atoms with Crippen molar-refractivity contribution in [3.63, 3.8) is 0 Å². The van der Waals surface area contributed by atoms with Crippen LogP contribution in [0.5, 0.6) is 0 Å². The van der Waals surface area contributed by atoms with E-state index in [-0.39, 0.29) is 38.5 Å². The van der Waals surface area contributed by atoms with Gasteiger partial charge in [0.2, 0.25) is 0 Å². The second kappa shape index (κ2) is 5.67. The zero-order valence-corrected chi connectivity index (χ0v) is 11.2. The molecule has 0 bridgehead atoms. The van der Waals surface area contributed by atoms with E-state index in [1.165, 1.54) is 0 Å². The van der Waals surface area contributed by atoms with Crippen LogP contribution < -0.4 is 0 Å². The van der Waals surface area contributed by atoms with Crippen LogP contribution in [-0.4, -0.2) is 5.78 Å². The molecule has 0 spiro atoms. The van der Waals surface area contributed by atoms with Crippen LogP contribution in [0, 0.1) is 19.9 Å². The van der Waals surface area contributed by atoms with Gasteiger partial charge in [0.15, 0.2) is 0 Å². The number of benzene rings is 1. The summed E-state index contributed by atoms with van der Waals surface area (Å²) in [5.74, 6) is 0.215. The molecule has 0 heterocycles. The molecule has 0 radical (unpaired) electrons.